The number of carbonyl (C=O) groups excluding carboxylic acids is 2. The molecule has 4 aromatic carbocycles. The SMILES string of the molecule is COc1cccc(C=NNC(=O)c2ccc(CN3C(=O)c4cccc5cccc3c45)cc2)c1. The van der Waals surface area contributed by atoms with Crippen molar-refractivity contribution >= 4 is 34.5 Å². The zero-order valence-corrected chi connectivity index (χ0v) is 18.0. The minimum atomic E-state index is -0.310. The number of benzene rings is 4. The normalized spacial score (nSPS) is 12.5. The summed E-state index contributed by atoms with van der Waals surface area (Å²) >= 11 is 0. The smallest absolute Gasteiger partial charge is 0.271 e. The van der Waals surface area contributed by atoms with E-state index in [1.165, 1.54) is 0 Å². The quantitative estimate of drug-likeness (QED) is 0.350. The lowest BCUT2D eigenvalue weighted by Crippen LogP contribution is -2.26. The molecule has 1 heterocycles. The molecule has 0 saturated carbocycles. The zero-order valence-electron chi connectivity index (χ0n) is 18.0. The van der Waals surface area contributed by atoms with Crippen LogP contribution in [0.2, 0.25) is 0 Å². The van der Waals surface area contributed by atoms with Gasteiger partial charge in [0.1, 0.15) is 5.75 Å². The van der Waals surface area contributed by atoms with E-state index in [2.05, 4.69) is 10.5 Å². The van der Waals surface area contributed by atoms with Crippen molar-refractivity contribution in [2.24, 2.45) is 5.10 Å². The van der Waals surface area contributed by atoms with Crippen LogP contribution in [0.15, 0.2) is 90.0 Å². The van der Waals surface area contributed by atoms with Crippen LogP contribution in [-0.4, -0.2) is 25.1 Å². The number of carbonyl (C=O) groups is 2. The Morgan fingerprint density at radius 3 is 2.55 bits per heavy atom. The first-order valence-electron chi connectivity index (χ1n) is 10.5. The van der Waals surface area contributed by atoms with Crippen LogP contribution in [0.25, 0.3) is 10.8 Å². The number of methoxy groups -OCH3 is 1. The Morgan fingerprint density at radius 1 is 1.00 bits per heavy atom. The minimum Gasteiger partial charge on any atom is -0.497 e. The second-order valence-electron chi connectivity index (χ2n) is 7.74. The third-order valence-electron chi connectivity index (χ3n) is 5.68. The molecule has 2 amide bonds. The summed E-state index contributed by atoms with van der Waals surface area (Å²) < 4.78 is 5.18. The third kappa shape index (κ3) is 3.94. The van der Waals surface area contributed by atoms with E-state index in [9.17, 15) is 9.59 Å². The Hall–Kier alpha value is -4.45. The average Bonchev–Trinajstić information content (AvgIpc) is 3.12. The highest BCUT2D eigenvalue weighted by Crippen LogP contribution is 2.37. The predicted molar refractivity (Wildman–Crippen MR) is 129 cm³/mol. The van der Waals surface area contributed by atoms with Gasteiger partial charge >= 0.3 is 0 Å². The maximum Gasteiger partial charge on any atom is 0.271 e. The summed E-state index contributed by atoms with van der Waals surface area (Å²) in [5.74, 6) is 0.405. The zero-order chi connectivity index (χ0) is 22.8. The molecule has 0 spiro atoms. The van der Waals surface area contributed by atoms with Crippen molar-refractivity contribution in [1.29, 1.82) is 0 Å². The fourth-order valence-electron chi connectivity index (χ4n) is 4.03. The van der Waals surface area contributed by atoms with Crippen molar-refractivity contribution in [3.63, 3.8) is 0 Å². The van der Waals surface area contributed by atoms with Gasteiger partial charge in [-0.3, -0.25) is 9.59 Å². The Balaban J connectivity index is 1.26. The standard InChI is InChI=1S/C27H21N3O3/c1-33-22-8-2-5-19(15-22)16-28-29-26(31)21-13-11-18(12-14-21)17-30-24-10-4-7-20-6-3-9-23(25(20)24)27(30)32/h2-16H,17H2,1H3,(H,29,31). The summed E-state index contributed by atoms with van der Waals surface area (Å²) in [4.78, 5) is 27.2. The van der Waals surface area contributed by atoms with Gasteiger partial charge in [0.05, 0.1) is 25.6 Å². The third-order valence-corrected chi connectivity index (χ3v) is 5.68. The van der Waals surface area contributed by atoms with Crippen LogP contribution in [0.4, 0.5) is 5.69 Å². The van der Waals surface area contributed by atoms with Crippen molar-refractivity contribution in [2.75, 3.05) is 12.0 Å². The predicted octanol–water partition coefficient (Wildman–Crippen LogP) is 4.77. The number of rotatable bonds is 6. The van der Waals surface area contributed by atoms with Gasteiger partial charge in [0.2, 0.25) is 0 Å². The topological polar surface area (TPSA) is 71.0 Å². The summed E-state index contributed by atoms with van der Waals surface area (Å²) in [5, 5.41) is 6.07. The molecule has 6 heteroatoms. The van der Waals surface area contributed by atoms with Gasteiger partial charge in [-0.25, -0.2) is 5.43 Å². The molecule has 0 bridgehead atoms. The van der Waals surface area contributed by atoms with Crippen LogP contribution in [0, 0.1) is 0 Å². The van der Waals surface area contributed by atoms with E-state index in [0.29, 0.717) is 12.1 Å². The highest BCUT2D eigenvalue weighted by molar-refractivity contribution is 6.24. The van der Waals surface area contributed by atoms with Gasteiger partial charge in [0.15, 0.2) is 0 Å². The Labute approximate surface area is 191 Å². The summed E-state index contributed by atoms with van der Waals surface area (Å²) in [7, 11) is 1.60. The largest absolute Gasteiger partial charge is 0.497 e. The summed E-state index contributed by atoms with van der Waals surface area (Å²) in [5.41, 5.74) is 6.42. The van der Waals surface area contributed by atoms with Crippen LogP contribution in [0.1, 0.15) is 31.8 Å². The Bertz CT molecular complexity index is 1390. The van der Waals surface area contributed by atoms with Crippen molar-refractivity contribution in [1.82, 2.24) is 5.43 Å². The molecule has 0 aliphatic carbocycles. The highest BCUT2D eigenvalue weighted by atomic mass is 16.5. The monoisotopic (exact) mass is 435 g/mol. The maximum atomic E-state index is 13.0. The number of nitrogens with one attached hydrogen (secondary N) is 1. The average molecular weight is 435 g/mol. The van der Waals surface area contributed by atoms with E-state index in [1.54, 1.807) is 30.4 Å². The molecule has 33 heavy (non-hydrogen) atoms. The first-order valence-corrected chi connectivity index (χ1v) is 10.5. The number of ether oxygens (including phenoxy) is 1. The summed E-state index contributed by atoms with van der Waals surface area (Å²) in [6.07, 6.45) is 1.56. The molecule has 6 nitrogen and oxygen atoms in total. The lowest BCUT2D eigenvalue weighted by molar-refractivity contribution is 0.0953. The number of anilines is 1. The van der Waals surface area contributed by atoms with Gasteiger partial charge in [0, 0.05) is 16.5 Å². The van der Waals surface area contributed by atoms with Crippen LogP contribution < -0.4 is 15.1 Å². The minimum absolute atomic E-state index is 0.00417. The second-order valence-corrected chi connectivity index (χ2v) is 7.74. The lowest BCUT2D eigenvalue weighted by Gasteiger charge is -2.18. The lowest BCUT2D eigenvalue weighted by atomic mass is 10.1. The van der Waals surface area contributed by atoms with E-state index in [1.807, 2.05) is 72.8 Å². The molecule has 4 aromatic rings. The molecular weight excluding hydrogens is 414 g/mol. The van der Waals surface area contributed by atoms with Gasteiger partial charge in [-0.1, -0.05) is 48.5 Å². The number of hydrazone groups is 1. The first-order chi connectivity index (χ1) is 16.1. The van der Waals surface area contributed by atoms with Crippen LogP contribution in [-0.2, 0) is 6.54 Å². The fourth-order valence-corrected chi connectivity index (χ4v) is 4.03. The molecule has 0 saturated heterocycles. The molecular formula is C27H21N3O3. The molecule has 162 valence electrons. The summed E-state index contributed by atoms with van der Waals surface area (Å²) in [6.45, 7) is 0.433. The highest BCUT2D eigenvalue weighted by Gasteiger charge is 2.29. The molecule has 1 N–H and O–H groups in total. The number of hydrogen-bond acceptors (Lipinski definition) is 4. The number of nitrogens with zero attached hydrogens (tertiary/aromatic N) is 2. The first kappa shape index (κ1) is 20.5. The van der Waals surface area contributed by atoms with E-state index in [4.69, 9.17) is 4.74 Å². The maximum absolute atomic E-state index is 13.0. The van der Waals surface area contributed by atoms with Gasteiger partial charge in [-0.2, -0.15) is 5.10 Å². The molecule has 1 aliphatic rings. The van der Waals surface area contributed by atoms with Crippen molar-refractivity contribution in [3.8, 4) is 5.75 Å². The molecule has 0 radical (unpaired) electrons. The molecule has 0 unspecified atom stereocenters. The number of amides is 2. The van der Waals surface area contributed by atoms with Crippen LogP contribution >= 0.6 is 0 Å². The molecule has 0 fully saturated rings. The molecule has 0 aromatic heterocycles. The Kier molecular flexibility index (Phi) is 5.32. The van der Waals surface area contributed by atoms with Crippen molar-refractivity contribution in [3.05, 3.63) is 107 Å². The molecule has 0 atom stereocenters. The fraction of sp³-hybridized carbons (Fsp3) is 0.0741. The van der Waals surface area contributed by atoms with Crippen LogP contribution in [0.5, 0.6) is 5.75 Å². The van der Waals surface area contributed by atoms with E-state index < -0.39 is 0 Å². The van der Waals surface area contributed by atoms with E-state index in [0.717, 1.165) is 38.9 Å². The van der Waals surface area contributed by atoms with Crippen LogP contribution in [0.3, 0.4) is 0 Å². The van der Waals surface area contributed by atoms with Gasteiger partial charge in [-0.05, 0) is 52.9 Å². The number of hydrogen-bond donors (Lipinski definition) is 1. The second kappa shape index (κ2) is 8.59. The van der Waals surface area contributed by atoms with E-state index in [-0.39, 0.29) is 11.8 Å². The van der Waals surface area contributed by atoms with Crippen molar-refractivity contribution < 1.29 is 14.3 Å². The summed E-state index contributed by atoms with van der Waals surface area (Å²) in [6, 6.07) is 26.3. The Morgan fingerprint density at radius 2 is 1.76 bits per heavy atom. The van der Waals surface area contributed by atoms with E-state index >= 15 is 0 Å². The van der Waals surface area contributed by atoms with Gasteiger partial charge in [-0.15, -0.1) is 0 Å². The van der Waals surface area contributed by atoms with Gasteiger partial charge in [0.25, 0.3) is 11.8 Å². The molecule has 1 aliphatic heterocycles. The van der Waals surface area contributed by atoms with Crippen molar-refractivity contribution in [2.45, 2.75) is 6.54 Å². The van der Waals surface area contributed by atoms with Gasteiger partial charge < -0.3 is 9.64 Å². The molecule has 5 rings (SSSR count).